The Morgan fingerprint density at radius 1 is 0.850 bits per heavy atom. The summed E-state index contributed by atoms with van der Waals surface area (Å²) in [6, 6.07) is 2.06. The van der Waals surface area contributed by atoms with Gasteiger partial charge in [0.1, 0.15) is 0 Å². The molecular weight excluding hydrogens is 244 g/mol. The van der Waals surface area contributed by atoms with Crippen LogP contribution in [-0.4, -0.2) is 9.78 Å². The lowest BCUT2D eigenvalue weighted by Gasteiger charge is -2.30. The summed E-state index contributed by atoms with van der Waals surface area (Å²) in [6.07, 6.45) is 18.8. The Hall–Kier alpha value is -0.790. The van der Waals surface area contributed by atoms with Gasteiger partial charge in [0, 0.05) is 12.4 Å². The summed E-state index contributed by atoms with van der Waals surface area (Å²) in [5.74, 6) is 0. The second-order valence-corrected chi connectivity index (χ2v) is 6.42. The fourth-order valence-corrected chi connectivity index (χ4v) is 2.98. The lowest BCUT2D eigenvalue weighted by Crippen LogP contribution is -2.30. The van der Waals surface area contributed by atoms with E-state index in [0.717, 1.165) is 0 Å². The molecule has 0 fully saturated rings. The van der Waals surface area contributed by atoms with Gasteiger partial charge in [0.15, 0.2) is 0 Å². The summed E-state index contributed by atoms with van der Waals surface area (Å²) < 4.78 is 2.21. The number of aromatic nitrogens is 2. The van der Waals surface area contributed by atoms with Crippen LogP contribution in [0.5, 0.6) is 0 Å². The highest BCUT2D eigenvalue weighted by Gasteiger charge is 2.25. The van der Waals surface area contributed by atoms with Gasteiger partial charge in [-0.1, -0.05) is 71.6 Å². The predicted molar refractivity (Wildman–Crippen MR) is 88.0 cm³/mol. The molecule has 1 atom stereocenters. The summed E-state index contributed by atoms with van der Waals surface area (Å²) >= 11 is 0. The number of rotatable bonds is 12. The number of hydrogen-bond donors (Lipinski definition) is 0. The molecule has 0 aromatic carbocycles. The van der Waals surface area contributed by atoms with Crippen LogP contribution in [0.2, 0.25) is 0 Å². The molecule has 1 heterocycles. The number of hydrogen-bond acceptors (Lipinski definition) is 1. The molecule has 0 saturated carbocycles. The SMILES string of the molecule is CCCCCCCC(C)(CCCCCC)n1cccn1. The van der Waals surface area contributed by atoms with Crippen molar-refractivity contribution in [3.8, 4) is 0 Å². The molecule has 2 nitrogen and oxygen atoms in total. The average molecular weight is 278 g/mol. The quantitative estimate of drug-likeness (QED) is 0.433. The Labute approximate surface area is 126 Å². The number of nitrogens with zero attached hydrogens (tertiary/aromatic N) is 2. The highest BCUT2D eigenvalue weighted by Crippen LogP contribution is 2.29. The molecule has 0 radical (unpaired) electrons. The molecule has 1 aromatic heterocycles. The largest absolute Gasteiger partial charge is 0.267 e. The van der Waals surface area contributed by atoms with E-state index < -0.39 is 0 Å². The van der Waals surface area contributed by atoms with Crippen LogP contribution in [0.3, 0.4) is 0 Å². The molecule has 0 saturated heterocycles. The topological polar surface area (TPSA) is 17.8 Å². The van der Waals surface area contributed by atoms with Crippen molar-refractivity contribution >= 4 is 0 Å². The zero-order chi connectivity index (χ0) is 14.7. The molecule has 1 aromatic rings. The maximum absolute atomic E-state index is 4.52. The molecule has 0 aliphatic carbocycles. The molecule has 0 aliphatic heterocycles. The maximum Gasteiger partial charge on any atom is 0.0599 e. The van der Waals surface area contributed by atoms with E-state index in [1.807, 2.05) is 6.20 Å². The van der Waals surface area contributed by atoms with Crippen molar-refractivity contribution in [3.05, 3.63) is 18.5 Å². The Kier molecular flexibility index (Phi) is 8.64. The second kappa shape index (κ2) is 10.0. The van der Waals surface area contributed by atoms with Crippen LogP contribution in [0.4, 0.5) is 0 Å². The van der Waals surface area contributed by atoms with E-state index in [1.165, 1.54) is 70.6 Å². The van der Waals surface area contributed by atoms with Gasteiger partial charge in [-0.2, -0.15) is 5.10 Å². The normalized spacial score (nSPS) is 14.3. The van der Waals surface area contributed by atoms with E-state index in [-0.39, 0.29) is 5.54 Å². The Bertz CT molecular complexity index is 318. The van der Waals surface area contributed by atoms with Crippen molar-refractivity contribution in [2.45, 2.75) is 96.9 Å². The van der Waals surface area contributed by atoms with E-state index >= 15 is 0 Å². The first-order valence-electron chi connectivity index (χ1n) is 8.73. The summed E-state index contributed by atoms with van der Waals surface area (Å²) in [5, 5.41) is 4.52. The summed E-state index contributed by atoms with van der Waals surface area (Å²) in [5.41, 5.74) is 0.226. The summed E-state index contributed by atoms with van der Waals surface area (Å²) in [7, 11) is 0. The highest BCUT2D eigenvalue weighted by molar-refractivity contribution is 4.88. The molecule has 1 unspecified atom stereocenters. The molecule has 116 valence electrons. The summed E-state index contributed by atoms with van der Waals surface area (Å²) in [4.78, 5) is 0. The number of unbranched alkanes of at least 4 members (excludes halogenated alkanes) is 7. The van der Waals surface area contributed by atoms with E-state index in [0.29, 0.717) is 0 Å². The van der Waals surface area contributed by atoms with Gasteiger partial charge in [-0.25, -0.2) is 0 Å². The lowest BCUT2D eigenvalue weighted by atomic mass is 9.88. The first-order valence-corrected chi connectivity index (χ1v) is 8.73. The fraction of sp³-hybridized carbons (Fsp3) is 0.833. The van der Waals surface area contributed by atoms with Gasteiger partial charge in [-0.05, 0) is 25.8 Å². The predicted octanol–water partition coefficient (Wildman–Crippen LogP) is 5.93. The van der Waals surface area contributed by atoms with E-state index in [9.17, 15) is 0 Å². The van der Waals surface area contributed by atoms with E-state index in [4.69, 9.17) is 0 Å². The molecule has 0 aliphatic rings. The zero-order valence-electron chi connectivity index (χ0n) is 13.9. The minimum atomic E-state index is 0.226. The van der Waals surface area contributed by atoms with Crippen LogP contribution in [0.1, 0.15) is 91.4 Å². The van der Waals surface area contributed by atoms with Crippen molar-refractivity contribution in [2.24, 2.45) is 0 Å². The third kappa shape index (κ3) is 6.11. The first-order chi connectivity index (χ1) is 9.73. The fourth-order valence-electron chi connectivity index (χ4n) is 2.98. The molecule has 1 rings (SSSR count). The highest BCUT2D eigenvalue weighted by atomic mass is 15.3. The van der Waals surface area contributed by atoms with Crippen LogP contribution in [-0.2, 0) is 5.54 Å². The monoisotopic (exact) mass is 278 g/mol. The third-order valence-electron chi connectivity index (χ3n) is 4.45. The van der Waals surface area contributed by atoms with Crippen molar-refractivity contribution in [3.63, 3.8) is 0 Å². The van der Waals surface area contributed by atoms with Crippen LogP contribution in [0.25, 0.3) is 0 Å². The van der Waals surface area contributed by atoms with Gasteiger partial charge in [0.2, 0.25) is 0 Å². The first kappa shape index (κ1) is 17.3. The molecule has 0 amide bonds. The Morgan fingerprint density at radius 2 is 1.40 bits per heavy atom. The van der Waals surface area contributed by atoms with Gasteiger partial charge >= 0.3 is 0 Å². The smallest absolute Gasteiger partial charge is 0.0599 e. The van der Waals surface area contributed by atoms with Gasteiger partial charge in [0.05, 0.1) is 5.54 Å². The van der Waals surface area contributed by atoms with Crippen molar-refractivity contribution in [1.29, 1.82) is 0 Å². The van der Waals surface area contributed by atoms with Crippen LogP contribution in [0, 0.1) is 0 Å². The van der Waals surface area contributed by atoms with Crippen molar-refractivity contribution in [1.82, 2.24) is 9.78 Å². The van der Waals surface area contributed by atoms with Gasteiger partial charge in [0.25, 0.3) is 0 Å². The molecule has 0 spiro atoms. The molecule has 0 bridgehead atoms. The standard InChI is InChI=1S/C18H34N2/c1-4-6-8-10-12-15-18(3,14-11-9-7-5-2)20-17-13-16-19-20/h13,16-17H,4-12,14-15H2,1-3H3. The van der Waals surface area contributed by atoms with Gasteiger partial charge < -0.3 is 0 Å². The molecule has 0 N–H and O–H groups in total. The van der Waals surface area contributed by atoms with Crippen molar-refractivity contribution in [2.75, 3.05) is 0 Å². The molecule has 2 heteroatoms. The van der Waals surface area contributed by atoms with Gasteiger partial charge in [-0.15, -0.1) is 0 Å². The Morgan fingerprint density at radius 3 is 1.90 bits per heavy atom. The minimum Gasteiger partial charge on any atom is -0.267 e. The third-order valence-corrected chi connectivity index (χ3v) is 4.45. The summed E-state index contributed by atoms with van der Waals surface area (Å²) in [6.45, 7) is 6.95. The van der Waals surface area contributed by atoms with Crippen molar-refractivity contribution < 1.29 is 0 Å². The molecule has 20 heavy (non-hydrogen) atoms. The van der Waals surface area contributed by atoms with Gasteiger partial charge in [-0.3, -0.25) is 4.68 Å². The average Bonchev–Trinajstić information content (AvgIpc) is 2.98. The second-order valence-electron chi connectivity index (χ2n) is 6.42. The minimum absolute atomic E-state index is 0.226. The van der Waals surface area contributed by atoms with E-state index in [2.05, 4.69) is 42.8 Å². The van der Waals surface area contributed by atoms with E-state index in [1.54, 1.807) is 0 Å². The van der Waals surface area contributed by atoms with Crippen LogP contribution in [0.15, 0.2) is 18.5 Å². The molecular formula is C18H34N2. The Balaban J connectivity index is 2.43. The maximum atomic E-state index is 4.52. The lowest BCUT2D eigenvalue weighted by molar-refractivity contribution is 0.227. The zero-order valence-corrected chi connectivity index (χ0v) is 13.9. The van der Waals surface area contributed by atoms with Crippen LogP contribution >= 0.6 is 0 Å². The van der Waals surface area contributed by atoms with Crippen LogP contribution < -0.4 is 0 Å².